The SMILES string of the molecule is CC(C)CN(C)C1(CN)CC1. The van der Waals surface area contributed by atoms with Crippen LogP contribution in [0.5, 0.6) is 0 Å². The summed E-state index contributed by atoms with van der Waals surface area (Å²) >= 11 is 0. The van der Waals surface area contributed by atoms with Crippen LogP contribution in [-0.2, 0) is 0 Å². The lowest BCUT2D eigenvalue weighted by molar-refractivity contribution is 0.203. The van der Waals surface area contributed by atoms with Gasteiger partial charge in [0, 0.05) is 18.6 Å². The van der Waals surface area contributed by atoms with Gasteiger partial charge in [0.25, 0.3) is 0 Å². The van der Waals surface area contributed by atoms with Crippen LogP contribution in [0.4, 0.5) is 0 Å². The standard InChI is InChI=1S/C9H20N2/c1-8(2)6-11(3)9(7-10)4-5-9/h8H,4-7,10H2,1-3H3. The maximum atomic E-state index is 5.70. The molecule has 2 nitrogen and oxygen atoms in total. The molecule has 1 saturated carbocycles. The highest BCUT2D eigenvalue weighted by Gasteiger charge is 2.44. The van der Waals surface area contributed by atoms with Gasteiger partial charge in [0.1, 0.15) is 0 Å². The molecule has 66 valence electrons. The van der Waals surface area contributed by atoms with Gasteiger partial charge in [0.15, 0.2) is 0 Å². The molecule has 0 unspecified atom stereocenters. The first-order chi connectivity index (χ1) is 5.10. The zero-order valence-electron chi connectivity index (χ0n) is 7.93. The van der Waals surface area contributed by atoms with Crippen LogP contribution in [0.2, 0.25) is 0 Å². The van der Waals surface area contributed by atoms with Crippen molar-refractivity contribution in [3.63, 3.8) is 0 Å². The van der Waals surface area contributed by atoms with Crippen molar-refractivity contribution in [3.8, 4) is 0 Å². The zero-order chi connectivity index (χ0) is 8.48. The minimum atomic E-state index is 0.393. The quantitative estimate of drug-likeness (QED) is 0.659. The Morgan fingerprint density at radius 3 is 2.27 bits per heavy atom. The number of likely N-dealkylation sites (N-methyl/N-ethyl adjacent to an activating group) is 1. The van der Waals surface area contributed by atoms with Gasteiger partial charge in [-0.1, -0.05) is 13.8 Å². The molecule has 1 fully saturated rings. The monoisotopic (exact) mass is 156 g/mol. The van der Waals surface area contributed by atoms with E-state index in [9.17, 15) is 0 Å². The highest BCUT2D eigenvalue weighted by Crippen LogP contribution is 2.39. The summed E-state index contributed by atoms with van der Waals surface area (Å²) in [6, 6.07) is 0. The van der Waals surface area contributed by atoms with Gasteiger partial charge in [-0.25, -0.2) is 0 Å². The van der Waals surface area contributed by atoms with E-state index in [1.54, 1.807) is 0 Å². The van der Waals surface area contributed by atoms with Gasteiger partial charge in [-0.05, 0) is 25.8 Å². The molecule has 0 aromatic rings. The van der Waals surface area contributed by atoms with Gasteiger partial charge >= 0.3 is 0 Å². The Morgan fingerprint density at radius 2 is 2.00 bits per heavy atom. The summed E-state index contributed by atoms with van der Waals surface area (Å²) in [4.78, 5) is 2.43. The molecular weight excluding hydrogens is 136 g/mol. The minimum absolute atomic E-state index is 0.393. The molecule has 0 atom stereocenters. The molecule has 1 rings (SSSR count). The van der Waals surface area contributed by atoms with E-state index in [-0.39, 0.29) is 0 Å². The van der Waals surface area contributed by atoms with E-state index in [1.165, 1.54) is 19.4 Å². The predicted molar refractivity (Wildman–Crippen MR) is 48.5 cm³/mol. The highest BCUT2D eigenvalue weighted by atomic mass is 15.2. The molecule has 11 heavy (non-hydrogen) atoms. The van der Waals surface area contributed by atoms with E-state index in [2.05, 4.69) is 25.8 Å². The lowest BCUT2D eigenvalue weighted by Crippen LogP contribution is -2.41. The molecule has 0 amide bonds. The van der Waals surface area contributed by atoms with Crippen molar-refractivity contribution in [1.82, 2.24) is 4.90 Å². The van der Waals surface area contributed by atoms with E-state index in [1.807, 2.05) is 0 Å². The minimum Gasteiger partial charge on any atom is -0.329 e. The van der Waals surface area contributed by atoms with Crippen molar-refractivity contribution in [2.45, 2.75) is 32.2 Å². The smallest absolute Gasteiger partial charge is 0.0330 e. The fourth-order valence-corrected chi connectivity index (χ4v) is 1.63. The second-order valence-electron chi connectivity index (χ2n) is 4.20. The summed E-state index contributed by atoms with van der Waals surface area (Å²) in [5.74, 6) is 0.754. The molecule has 0 aromatic heterocycles. The molecule has 1 aliphatic rings. The van der Waals surface area contributed by atoms with Crippen molar-refractivity contribution >= 4 is 0 Å². The Kier molecular flexibility index (Phi) is 2.55. The second-order valence-corrected chi connectivity index (χ2v) is 4.20. The van der Waals surface area contributed by atoms with Crippen molar-refractivity contribution in [3.05, 3.63) is 0 Å². The molecule has 0 aliphatic heterocycles. The van der Waals surface area contributed by atoms with Gasteiger partial charge in [0.2, 0.25) is 0 Å². The molecule has 0 heterocycles. The van der Waals surface area contributed by atoms with Gasteiger partial charge in [0.05, 0.1) is 0 Å². The van der Waals surface area contributed by atoms with Crippen molar-refractivity contribution in [2.24, 2.45) is 11.7 Å². The zero-order valence-corrected chi connectivity index (χ0v) is 7.93. The van der Waals surface area contributed by atoms with Crippen LogP contribution >= 0.6 is 0 Å². The Bertz CT molecular complexity index is 128. The van der Waals surface area contributed by atoms with Crippen LogP contribution in [-0.4, -0.2) is 30.6 Å². The summed E-state index contributed by atoms with van der Waals surface area (Å²) in [6.07, 6.45) is 2.60. The van der Waals surface area contributed by atoms with E-state index in [4.69, 9.17) is 5.73 Å². The van der Waals surface area contributed by atoms with Gasteiger partial charge in [-0.2, -0.15) is 0 Å². The van der Waals surface area contributed by atoms with Crippen LogP contribution in [0.25, 0.3) is 0 Å². The van der Waals surface area contributed by atoms with E-state index >= 15 is 0 Å². The van der Waals surface area contributed by atoms with E-state index in [0.29, 0.717) is 5.54 Å². The van der Waals surface area contributed by atoms with Crippen LogP contribution < -0.4 is 5.73 Å². The molecule has 0 radical (unpaired) electrons. The van der Waals surface area contributed by atoms with Gasteiger partial charge in [-0.15, -0.1) is 0 Å². The average molecular weight is 156 g/mol. The fraction of sp³-hybridized carbons (Fsp3) is 1.00. The van der Waals surface area contributed by atoms with E-state index in [0.717, 1.165) is 12.5 Å². The Balaban J connectivity index is 2.34. The summed E-state index contributed by atoms with van der Waals surface area (Å²) in [7, 11) is 2.19. The van der Waals surface area contributed by atoms with Crippen LogP contribution in [0.15, 0.2) is 0 Å². The highest BCUT2D eigenvalue weighted by molar-refractivity contribution is 5.03. The predicted octanol–water partition coefficient (Wildman–Crippen LogP) is 1.07. The number of rotatable bonds is 4. The normalized spacial score (nSPS) is 21.3. The number of hydrogen-bond acceptors (Lipinski definition) is 2. The number of hydrogen-bond donors (Lipinski definition) is 1. The Hall–Kier alpha value is -0.0800. The maximum Gasteiger partial charge on any atom is 0.0330 e. The third-order valence-electron chi connectivity index (χ3n) is 2.66. The van der Waals surface area contributed by atoms with E-state index < -0.39 is 0 Å². The van der Waals surface area contributed by atoms with Crippen molar-refractivity contribution in [1.29, 1.82) is 0 Å². The number of nitrogens with two attached hydrogens (primary N) is 1. The third-order valence-corrected chi connectivity index (χ3v) is 2.66. The van der Waals surface area contributed by atoms with Crippen LogP contribution in [0.3, 0.4) is 0 Å². The van der Waals surface area contributed by atoms with Crippen LogP contribution in [0.1, 0.15) is 26.7 Å². The van der Waals surface area contributed by atoms with Crippen molar-refractivity contribution in [2.75, 3.05) is 20.1 Å². The largest absolute Gasteiger partial charge is 0.329 e. The molecule has 0 aromatic carbocycles. The molecule has 0 bridgehead atoms. The first-order valence-corrected chi connectivity index (χ1v) is 4.52. The van der Waals surface area contributed by atoms with Crippen LogP contribution in [0, 0.1) is 5.92 Å². The molecule has 1 aliphatic carbocycles. The summed E-state index contributed by atoms with van der Waals surface area (Å²) in [5.41, 5.74) is 6.10. The average Bonchev–Trinajstić information content (AvgIpc) is 2.65. The summed E-state index contributed by atoms with van der Waals surface area (Å²) in [6.45, 7) is 6.51. The first-order valence-electron chi connectivity index (χ1n) is 4.52. The maximum absolute atomic E-state index is 5.70. The van der Waals surface area contributed by atoms with Gasteiger partial charge < -0.3 is 5.73 Å². The second kappa shape index (κ2) is 3.11. The Morgan fingerprint density at radius 1 is 1.45 bits per heavy atom. The lowest BCUT2D eigenvalue weighted by atomic mass is 10.1. The molecule has 0 saturated heterocycles. The van der Waals surface area contributed by atoms with Gasteiger partial charge in [-0.3, -0.25) is 4.90 Å². The topological polar surface area (TPSA) is 29.3 Å². The fourth-order valence-electron chi connectivity index (χ4n) is 1.63. The summed E-state index contributed by atoms with van der Waals surface area (Å²) in [5, 5.41) is 0. The first kappa shape index (κ1) is 9.01. The number of nitrogens with zero attached hydrogens (tertiary/aromatic N) is 1. The lowest BCUT2D eigenvalue weighted by Gasteiger charge is -2.28. The summed E-state index contributed by atoms with van der Waals surface area (Å²) < 4.78 is 0. The third kappa shape index (κ3) is 1.94. The molecular formula is C9H20N2. The Labute approximate surface area is 69.8 Å². The molecule has 2 N–H and O–H groups in total. The molecule has 2 heteroatoms. The van der Waals surface area contributed by atoms with Crippen molar-refractivity contribution < 1.29 is 0 Å². The molecule has 0 spiro atoms.